The lowest BCUT2D eigenvalue weighted by atomic mass is 10.00. The number of rotatable bonds is 8. The molecule has 0 radical (unpaired) electrons. The molecule has 0 aromatic carbocycles. The summed E-state index contributed by atoms with van der Waals surface area (Å²) in [6.07, 6.45) is -1.57. The van der Waals surface area contributed by atoms with E-state index in [-0.39, 0.29) is 12.6 Å². The minimum atomic E-state index is -4.60. The lowest BCUT2D eigenvalue weighted by Gasteiger charge is -2.12. The molecule has 0 amide bonds. The molecule has 2 N–H and O–H groups in total. The van der Waals surface area contributed by atoms with Crippen LogP contribution in [0.3, 0.4) is 0 Å². The Morgan fingerprint density at radius 2 is 1.90 bits per heavy atom. The van der Waals surface area contributed by atoms with Crippen molar-refractivity contribution in [2.24, 2.45) is 5.73 Å². The van der Waals surface area contributed by atoms with Gasteiger partial charge in [0.2, 0.25) is 0 Å². The van der Waals surface area contributed by atoms with Crippen LogP contribution in [-0.4, -0.2) is 28.8 Å². The van der Waals surface area contributed by atoms with E-state index in [2.05, 4.69) is 9.84 Å². The monoisotopic (exact) mass is 307 g/mol. The van der Waals surface area contributed by atoms with Crippen molar-refractivity contribution in [1.82, 2.24) is 9.78 Å². The van der Waals surface area contributed by atoms with Gasteiger partial charge >= 0.3 is 6.36 Å². The van der Waals surface area contributed by atoms with Crippen LogP contribution in [0.15, 0.2) is 0 Å². The van der Waals surface area contributed by atoms with E-state index in [1.165, 1.54) is 0 Å². The molecule has 1 rings (SSSR count). The van der Waals surface area contributed by atoms with Crippen LogP contribution in [0.1, 0.15) is 44.1 Å². The van der Waals surface area contributed by atoms with Crippen LogP contribution in [0.2, 0.25) is 0 Å². The average molecular weight is 307 g/mol. The van der Waals surface area contributed by atoms with Gasteiger partial charge in [-0.05, 0) is 31.2 Å². The van der Waals surface area contributed by atoms with Gasteiger partial charge in [-0.3, -0.25) is 9.42 Å². The van der Waals surface area contributed by atoms with Crippen molar-refractivity contribution in [3.8, 4) is 0 Å². The first-order chi connectivity index (χ1) is 9.82. The number of nitrogens with zero attached hydrogens (tertiary/aromatic N) is 2. The van der Waals surface area contributed by atoms with Crippen molar-refractivity contribution in [2.45, 2.75) is 65.4 Å². The molecule has 0 fully saturated rings. The zero-order valence-electron chi connectivity index (χ0n) is 12.8. The number of halogens is 3. The minimum absolute atomic E-state index is 0.0460. The molecule has 1 atom stereocenters. The maximum atomic E-state index is 12.0. The summed E-state index contributed by atoms with van der Waals surface area (Å²) in [5.41, 5.74) is 8.97. The van der Waals surface area contributed by atoms with Crippen molar-refractivity contribution >= 4 is 0 Å². The Labute approximate surface area is 123 Å². The second-order valence-corrected chi connectivity index (χ2v) is 4.97. The van der Waals surface area contributed by atoms with Gasteiger partial charge in [0.25, 0.3) is 0 Å². The number of ether oxygens (including phenoxy) is 1. The molecule has 1 aromatic rings. The van der Waals surface area contributed by atoms with E-state index >= 15 is 0 Å². The Bertz CT molecular complexity index is 443. The second-order valence-electron chi connectivity index (χ2n) is 4.97. The van der Waals surface area contributed by atoms with E-state index in [0.717, 1.165) is 29.8 Å². The van der Waals surface area contributed by atoms with Crippen LogP contribution in [0.25, 0.3) is 0 Å². The Kier molecular flexibility index (Phi) is 6.67. The first-order valence-electron chi connectivity index (χ1n) is 7.35. The van der Waals surface area contributed by atoms with Crippen molar-refractivity contribution in [3.05, 3.63) is 17.0 Å². The number of aryl methyl sites for hydroxylation is 1. The summed E-state index contributed by atoms with van der Waals surface area (Å²) in [5, 5.41) is 4.42. The van der Waals surface area contributed by atoms with E-state index in [4.69, 9.17) is 5.73 Å². The highest BCUT2D eigenvalue weighted by Crippen LogP contribution is 2.20. The van der Waals surface area contributed by atoms with Crippen molar-refractivity contribution < 1.29 is 17.9 Å². The fraction of sp³-hybridized carbons (Fsp3) is 0.786. The van der Waals surface area contributed by atoms with Crippen LogP contribution in [0.5, 0.6) is 0 Å². The molecular weight excluding hydrogens is 283 g/mol. The first kappa shape index (κ1) is 18.0. The molecule has 0 saturated heterocycles. The highest BCUT2D eigenvalue weighted by molar-refractivity contribution is 5.28. The molecule has 1 aromatic heterocycles. The summed E-state index contributed by atoms with van der Waals surface area (Å²) < 4.78 is 41.6. The highest BCUT2D eigenvalue weighted by Gasteiger charge is 2.29. The number of alkyl halides is 3. The third kappa shape index (κ3) is 5.32. The number of hydrogen-bond acceptors (Lipinski definition) is 3. The minimum Gasteiger partial charge on any atom is -0.327 e. The molecule has 1 heterocycles. The summed E-state index contributed by atoms with van der Waals surface area (Å²) >= 11 is 0. The van der Waals surface area contributed by atoms with E-state index in [1.54, 1.807) is 4.68 Å². The van der Waals surface area contributed by atoms with Crippen LogP contribution < -0.4 is 5.73 Å². The quantitative estimate of drug-likeness (QED) is 0.803. The molecular formula is C14H24F3N3O. The predicted octanol–water partition coefficient (Wildman–Crippen LogP) is 2.82. The van der Waals surface area contributed by atoms with E-state index < -0.39 is 13.0 Å². The molecule has 122 valence electrons. The molecule has 7 heteroatoms. The molecule has 1 unspecified atom stereocenters. The van der Waals surface area contributed by atoms with Gasteiger partial charge in [-0.15, -0.1) is 13.2 Å². The third-order valence-electron chi connectivity index (χ3n) is 3.48. The zero-order valence-corrected chi connectivity index (χ0v) is 12.8. The second kappa shape index (κ2) is 7.79. The summed E-state index contributed by atoms with van der Waals surface area (Å²) in [7, 11) is 0. The Morgan fingerprint density at radius 3 is 2.38 bits per heavy atom. The lowest BCUT2D eigenvalue weighted by Crippen LogP contribution is -2.23. The van der Waals surface area contributed by atoms with E-state index in [9.17, 15) is 13.2 Å². The number of hydrogen-bond donors (Lipinski definition) is 1. The van der Waals surface area contributed by atoms with Crippen LogP contribution in [0.4, 0.5) is 13.2 Å². The highest BCUT2D eigenvalue weighted by atomic mass is 19.4. The van der Waals surface area contributed by atoms with Crippen LogP contribution in [0, 0.1) is 0 Å². The maximum absolute atomic E-state index is 12.0. The van der Waals surface area contributed by atoms with Crippen LogP contribution in [-0.2, 0) is 30.5 Å². The molecule has 0 aliphatic carbocycles. The van der Waals surface area contributed by atoms with Gasteiger partial charge in [0.1, 0.15) is 0 Å². The van der Waals surface area contributed by atoms with Crippen LogP contribution >= 0.6 is 0 Å². The molecule has 0 spiro atoms. The van der Waals surface area contributed by atoms with Crippen molar-refractivity contribution in [2.75, 3.05) is 6.61 Å². The molecule has 0 aliphatic rings. The normalized spacial score (nSPS) is 13.7. The standard InChI is InChI=1S/C14H24F3N3O/c1-4-10(18)9-11-12(5-2)19-20(13(11)6-3)7-8-21-14(15,16)17/h10H,4-9,18H2,1-3H3. The summed E-state index contributed by atoms with van der Waals surface area (Å²) in [5.74, 6) is 0. The van der Waals surface area contributed by atoms with Gasteiger partial charge in [0.05, 0.1) is 18.8 Å². The molecule has 4 nitrogen and oxygen atoms in total. The largest absolute Gasteiger partial charge is 0.522 e. The van der Waals surface area contributed by atoms with E-state index in [1.807, 2.05) is 20.8 Å². The summed E-state index contributed by atoms with van der Waals surface area (Å²) in [6.45, 7) is 5.64. The molecule has 0 aliphatic heterocycles. The maximum Gasteiger partial charge on any atom is 0.522 e. The topological polar surface area (TPSA) is 53.1 Å². The van der Waals surface area contributed by atoms with Gasteiger partial charge < -0.3 is 5.73 Å². The molecule has 0 saturated carbocycles. The summed E-state index contributed by atoms with van der Waals surface area (Å²) in [4.78, 5) is 0. The number of aromatic nitrogens is 2. The number of nitrogens with two attached hydrogens (primary N) is 1. The van der Waals surface area contributed by atoms with Crippen molar-refractivity contribution in [1.29, 1.82) is 0 Å². The zero-order chi connectivity index (χ0) is 16.0. The fourth-order valence-corrected chi connectivity index (χ4v) is 2.34. The molecule has 0 bridgehead atoms. The van der Waals surface area contributed by atoms with E-state index in [0.29, 0.717) is 12.8 Å². The summed E-state index contributed by atoms with van der Waals surface area (Å²) in [6, 6.07) is 0.0460. The Morgan fingerprint density at radius 1 is 1.24 bits per heavy atom. The smallest absolute Gasteiger partial charge is 0.327 e. The SMILES string of the molecule is CCc1nn(CCOC(F)(F)F)c(CC)c1CC(N)CC. The first-order valence-corrected chi connectivity index (χ1v) is 7.35. The van der Waals surface area contributed by atoms with Gasteiger partial charge in [-0.2, -0.15) is 5.10 Å². The Balaban J connectivity index is 2.89. The fourth-order valence-electron chi connectivity index (χ4n) is 2.34. The predicted molar refractivity (Wildman–Crippen MR) is 75.0 cm³/mol. The van der Waals surface area contributed by atoms with Gasteiger partial charge in [-0.25, -0.2) is 0 Å². The van der Waals surface area contributed by atoms with Gasteiger partial charge in [0, 0.05) is 11.7 Å². The third-order valence-corrected chi connectivity index (χ3v) is 3.48. The molecule has 21 heavy (non-hydrogen) atoms. The van der Waals surface area contributed by atoms with Gasteiger partial charge in [0.15, 0.2) is 0 Å². The van der Waals surface area contributed by atoms with Gasteiger partial charge in [-0.1, -0.05) is 20.8 Å². The Hall–Kier alpha value is -1.08. The average Bonchev–Trinajstić information content (AvgIpc) is 2.74. The van der Waals surface area contributed by atoms with Crippen molar-refractivity contribution in [3.63, 3.8) is 0 Å². The lowest BCUT2D eigenvalue weighted by molar-refractivity contribution is -0.325.